The Hall–Kier alpha value is -1.59. The molecule has 0 saturated carbocycles. The van der Waals surface area contributed by atoms with Gasteiger partial charge in [0, 0.05) is 18.3 Å². The minimum atomic E-state index is -0.504. The fourth-order valence-electron chi connectivity index (χ4n) is 3.06. The predicted molar refractivity (Wildman–Crippen MR) is 93.6 cm³/mol. The van der Waals surface area contributed by atoms with Gasteiger partial charge in [-0.1, -0.05) is 12.1 Å². The van der Waals surface area contributed by atoms with Crippen LogP contribution in [-0.2, 0) is 4.74 Å². The summed E-state index contributed by atoms with van der Waals surface area (Å²) in [5.41, 5.74) is 8.35. The summed E-state index contributed by atoms with van der Waals surface area (Å²) in [6.45, 7) is 9.29. The summed E-state index contributed by atoms with van der Waals surface area (Å²) >= 11 is 0. The first kappa shape index (κ1) is 17.8. The minimum Gasteiger partial charge on any atom is -0.444 e. The zero-order chi connectivity index (χ0) is 17.2. The second-order valence-corrected chi connectivity index (χ2v) is 7.49. The van der Waals surface area contributed by atoms with Crippen LogP contribution >= 0.6 is 0 Å². The highest BCUT2D eigenvalue weighted by molar-refractivity contribution is 5.86. The zero-order valence-electron chi connectivity index (χ0n) is 14.8. The zero-order valence-corrected chi connectivity index (χ0v) is 14.8. The number of aryl methyl sites for hydroxylation is 1. The molecule has 0 radical (unpaired) electrons. The molecule has 1 aromatic carbocycles. The number of hydrogen-bond donors (Lipinski definition) is 2. The molecule has 5 heteroatoms. The maximum Gasteiger partial charge on any atom is 0.412 e. The third-order valence-electron chi connectivity index (χ3n) is 4.25. The number of ether oxygens (including phenoxy) is 1. The highest BCUT2D eigenvalue weighted by Gasteiger charge is 2.30. The summed E-state index contributed by atoms with van der Waals surface area (Å²) in [5, 5.41) is 2.87. The molecule has 2 rings (SSSR count). The van der Waals surface area contributed by atoms with Gasteiger partial charge in [-0.2, -0.15) is 0 Å². The number of likely N-dealkylation sites (tertiary alicyclic amines) is 1. The van der Waals surface area contributed by atoms with Crippen molar-refractivity contribution >= 4 is 11.8 Å². The van der Waals surface area contributed by atoms with Gasteiger partial charge >= 0.3 is 6.09 Å². The van der Waals surface area contributed by atoms with Crippen molar-refractivity contribution in [2.45, 2.75) is 45.8 Å². The lowest BCUT2D eigenvalue weighted by molar-refractivity contribution is 0.0636. The predicted octanol–water partition coefficient (Wildman–Crippen LogP) is 3.29. The maximum absolute atomic E-state index is 12.0. The van der Waals surface area contributed by atoms with E-state index < -0.39 is 11.7 Å². The van der Waals surface area contributed by atoms with Gasteiger partial charge in [-0.25, -0.2) is 4.79 Å². The van der Waals surface area contributed by atoms with E-state index in [1.165, 1.54) is 5.56 Å². The molecule has 2 atom stereocenters. The molecular formula is C18H29N3O2. The Kier molecular flexibility index (Phi) is 5.32. The Bertz CT molecular complexity index is 566. The highest BCUT2D eigenvalue weighted by Crippen LogP contribution is 2.35. The van der Waals surface area contributed by atoms with Crippen molar-refractivity contribution in [2.24, 2.45) is 11.7 Å². The summed E-state index contributed by atoms with van der Waals surface area (Å²) in [4.78, 5) is 14.3. The smallest absolute Gasteiger partial charge is 0.412 e. The molecule has 23 heavy (non-hydrogen) atoms. The topological polar surface area (TPSA) is 67.6 Å². The van der Waals surface area contributed by atoms with Crippen LogP contribution in [0.3, 0.4) is 0 Å². The average molecular weight is 319 g/mol. The second-order valence-electron chi connectivity index (χ2n) is 7.49. The lowest BCUT2D eigenvalue weighted by Crippen LogP contribution is -2.27. The number of nitrogens with zero attached hydrogens (tertiary/aromatic N) is 1. The molecule has 3 N–H and O–H groups in total. The minimum absolute atomic E-state index is 0.350. The summed E-state index contributed by atoms with van der Waals surface area (Å²) in [6, 6.07) is 6.59. The van der Waals surface area contributed by atoms with Crippen LogP contribution in [0.4, 0.5) is 10.5 Å². The second kappa shape index (κ2) is 6.89. The number of anilines is 1. The van der Waals surface area contributed by atoms with Crippen LogP contribution in [-0.4, -0.2) is 36.7 Å². The van der Waals surface area contributed by atoms with E-state index in [-0.39, 0.29) is 0 Å². The Morgan fingerprint density at radius 3 is 2.70 bits per heavy atom. The monoisotopic (exact) mass is 319 g/mol. The van der Waals surface area contributed by atoms with E-state index in [1.54, 1.807) is 0 Å². The average Bonchev–Trinajstić information content (AvgIpc) is 2.80. The van der Waals surface area contributed by atoms with Gasteiger partial charge in [0.05, 0.1) is 0 Å². The van der Waals surface area contributed by atoms with E-state index in [0.717, 1.165) is 30.8 Å². The third-order valence-corrected chi connectivity index (χ3v) is 4.25. The van der Waals surface area contributed by atoms with Gasteiger partial charge in [0.15, 0.2) is 0 Å². The molecule has 128 valence electrons. The maximum atomic E-state index is 12.0. The molecule has 0 aliphatic carbocycles. The fourth-order valence-corrected chi connectivity index (χ4v) is 3.06. The molecule has 2 unspecified atom stereocenters. The Morgan fingerprint density at radius 2 is 2.13 bits per heavy atom. The first-order valence-corrected chi connectivity index (χ1v) is 8.20. The number of nitrogens with two attached hydrogens (primary N) is 1. The number of nitrogens with one attached hydrogen (secondary N) is 1. The van der Waals surface area contributed by atoms with Gasteiger partial charge in [0.1, 0.15) is 5.60 Å². The van der Waals surface area contributed by atoms with Crippen molar-refractivity contribution < 1.29 is 9.53 Å². The third kappa shape index (κ3) is 4.69. The van der Waals surface area contributed by atoms with Crippen molar-refractivity contribution in [2.75, 3.05) is 25.5 Å². The van der Waals surface area contributed by atoms with Crippen LogP contribution in [0.2, 0.25) is 0 Å². The molecule has 1 aromatic rings. The van der Waals surface area contributed by atoms with Crippen LogP contribution in [0.5, 0.6) is 0 Å². The quantitative estimate of drug-likeness (QED) is 0.897. The van der Waals surface area contributed by atoms with Gasteiger partial charge in [-0.15, -0.1) is 0 Å². The normalized spacial score (nSPS) is 22.2. The van der Waals surface area contributed by atoms with Crippen LogP contribution in [0.1, 0.15) is 44.4 Å². The highest BCUT2D eigenvalue weighted by atomic mass is 16.6. The van der Waals surface area contributed by atoms with E-state index >= 15 is 0 Å². The van der Waals surface area contributed by atoms with Crippen molar-refractivity contribution in [3.8, 4) is 0 Å². The van der Waals surface area contributed by atoms with E-state index in [4.69, 9.17) is 10.5 Å². The summed E-state index contributed by atoms with van der Waals surface area (Å²) in [6.07, 6.45) is 0.638. The molecule has 1 amide bonds. The van der Waals surface area contributed by atoms with Crippen molar-refractivity contribution in [3.05, 3.63) is 29.3 Å². The fraction of sp³-hybridized carbons (Fsp3) is 0.611. The van der Waals surface area contributed by atoms with Crippen LogP contribution in [0.15, 0.2) is 18.2 Å². The Labute approximate surface area is 139 Å². The number of carbonyl (C=O) groups is 1. The van der Waals surface area contributed by atoms with Crippen LogP contribution < -0.4 is 11.1 Å². The molecule has 0 spiro atoms. The number of amides is 1. The van der Waals surface area contributed by atoms with Crippen molar-refractivity contribution in [3.63, 3.8) is 0 Å². The van der Waals surface area contributed by atoms with Gasteiger partial charge in [0.25, 0.3) is 0 Å². The lowest BCUT2D eigenvalue weighted by atomic mass is 9.98. The molecule has 1 fully saturated rings. The molecule has 0 aromatic heterocycles. The SMILES string of the molecule is Cc1ccc(C2CC(CN)CN2C)cc1NC(=O)OC(C)(C)C. The lowest BCUT2D eigenvalue weighted by Gasteiger charge is -2.22. The van der Waals surface area contributed by atoms with E-state index in [1.807, 2.05) is 33.8 Å². The van der Waals surface area contributed by atoms with Crippen molar-refractivity contribution in [1.29, 1.82) is 0 Å². The standard InChI is InChI=1S/C18H29N3O2/c1-12-6-7-14(16-8-13(10-19)11-21(16)5)9-15(12)20-17(22)23-18(2,3)4/h6-7,9,13,16H,8,10-11,19H2,1-5H3,(H,20,22). The molecule has 1 saturated heterocycles. The number of carbonyl (C=O) groups excluding carboxylic acids is 1. The summed E-state index contributed by atoms with van der Waals surface area (Å²) in [5.74, 6) is 0.536. The van der Waals surface area contributed by atoms with Gasteiger partial charge < -0.3 is 10.5 Å². The largest absolute Gasteiger partial charge is 0.444 e. The van der Waals surface area contributed by atoms with Gasteiger partial charge in [-0.3, -0.25) is 10.2 Å². The van der Waals surface area contributed by atoms with Gasteiger partial charge in [0.2, 0.25) is 0 Å². The Morgan fingerprint density at radius 1 is 1.43 bits per heavy atom. The molecule has 1 aliphatic rings. The molecule has 5 nitrogen and oxygen atoms in total. The molecule has 1 aliphatic heterocycles. The van der Waals surface area contributed by atoms with Crippen LogP contribution in [0.25, 0.3) is 0 Å². The van der Waals surface area contributed by atoms with Crippen LogP contribution in [0, 0.1) is 12.8 Å². The van der Waals surface area contributed by atoms with E-state index in [2.05, 4.69) is 29.4 Å². The van der Waals surface area contributed by atoms with Crippen molar-refractivity contribution in [1.82, 2.24) is 4.90 Å². The number of benzene rings is 1. The number of hydrogen-bond acceptors (Lipinski definition) is 4. The van der Waals surface area contributed by atoms with E-state index in [0.29, 0.717) is 12.0 Å². The molecule has 0 bridgehead atoms. The van der Waals surface area contributed by atoms with E-state index in [9.17, 15) is 4.79 Å². The molecular weight excluding hydrogens is 290 g/mol. The Balaban J connectivity index is 2.15. The molecule has 1 heterocycles. The summed E-state index contributed by atoms with van der Waals surface area (Å²) < 4.78 is 5.34. The number of rotatable bonds is 3. The first-order valence-electron chi connectivity index (χ1n) is 8.20. The summed E-state index contributed by atoms with van der Waals surface area (Å²) in [7, 11) is 2.13. The van der Waals surface area contributed by atoms with Gasteiger partial charge in [-0.05, 0) is 70.8 Å². The first-order chi connectivity index (χ1) is 10.7.